The van der Waals surface area contributed by atoms with Crippen LogP contribution in [0, 0.1) is 24.2 Å². The molecule has 0 fully saturated rings. The molecule has 0 saturated carbocycles. The van der Waals surface area contributed by atoms with Crippen LogP contribution in [0.15, 0.2) is 48.5 Å². The lowest BCUT2D eigenvalue weighted by molar-refractivity contribution is -0.118. The number of aryl methyl sites for hydroxylation is 1. The second-order valence-electron chi connectivity index (χ2n) is 4.82. The van der Waals surface area contributed by atoms with Gasteiger partial charge in [-0.25, -0.2) is 0 Å². The van der Waals surface area contributed by atoms with Crippen molar-refractivity contribution in [1.82, 2.24) is 0 Å². The van der Waals surface area contributed by atoms with Crippen LogP contribution in [0.2, 0.25) is 5.02 Å². The largest absolute Gasteiger partial charge is 0.325 e. The molecule has 0 radical (unpaired) electrons. The van der Waals surface area contributed by atoms with Gasteiger partial charge >= 0.3 is 0 Å². The van der Waals surface area contributed by atoms with Gasteiger partial charge < -0.3 is 5.32 Å². The predicted molar refractivity (Wildman–Crippen MR) is 84.1 cm³/mol. The smallest absolute Gasteiger partial charge is 0.242 e. The Morgan fingerprint density at radius 1 is 1.29 bits per heavy atom. The van der Waals surface area contributed by atoms with Crippen LogP contribution in [0.25, 0.3) is 0 Å². The molecule has 4 heteroatoms. The van der Waals surface area contributed by atoms with Crippen LogP contribution in [0.4, 0.5) is 5.69 Å². The molecule has 0 spiro atoms. The molecule has 2 aromatic carbocycles. The van der Waals surface area contributed by atoms with Crippen LogP contribution in [0.1, 0.15) is 11.1 Å². The number of halogens is 1. The molecule has 2 rings (SSSR count). The molecule has 21 heavy (non-hydrogen) atoms. The van der Waals surface area contributed by atoms with Gasteiger partial charge in [0.05, 0.1) is 6.07 Å². The molecule has 0 aliphatic carbocycles. The summed E-state index contributed by atoms with van der Waals surface area (Å²) in [5.74, 6) is -1.04. The van der Waals surface area contributed by atoms with E-state index in [4.69, 9.17) is 11.6 Å². The normalized spacial score (nSPS) is 11.5. The van der Waals surface area contributed by atoms with Crippen LogP contribution in [0.3, 0.4) is 0 Å². The zero-order valence-corrected chi connectivity index (χ0v) is 12.4. The minimum Gasteiger partial charge on any atom is -0.325 e. The summed E-state index contributed by atoms with van der Waals surface area (Å²) < 4.78 is 0. The fraction of sp³-hybridized carbons (Fsp3) is 0.176. The van der Waals surface area contributed by atoms with Gasteiger partial charge in [0.15, 0.2) is 0 Å². The molecule has 0 aliphatic rings. The number of rotatable bonds is 4. The molecule has 0 saturated heterocycles. The first-order valence-corrected chi connectivity index (χ1v) is 6.98. The topological polar surface area (TPSA) is 52.9 Å². The van der Waals surface area contributed by atoms with E-state index in [2.05, 4.69) is 11.4 Å². The van der Waals surface area contributed by atoms with E-state index in [0.717, 1.165) is 11.1 Å². The van der Waals surface area contributed by atoms with E-state index in [1.807, 2.05) is 43.3 Å². The van der Waals surface area contributed by atoms with Gasteiger partial charge in [-0.15, -0.1) is 0 Å². The van der Waals surface area contributed by atoms with Crippen LogP contribution in [-0.2, 0) is 11.2 Å². The van der Waals surface area contributed by atoms with Gasteiger partial charge in [0, 0.05) is 10.7 Å². The van der Waals surface area contributed by atoms with Crippen molar-refractivity contribution in [1.29, 1.82) is 5.26 Å². The van der Waals surface area contributed by atoms with Gasteiger partial charge in [-0.3, -0.25) is 4.79 Å². The molecule has 2 aromatic rings. The summed E-state index contributed by atoms with van der Waals surface area (Å²) in [7, 11) is 0. The Labute approximate surface area is 129 Å². The van der Waals surface area contributed by atoms with Crippen molar-refractivity contribution >= 4 is 23.2 Å². The highest BCUT2D eigenvalue weighted by atomic mass is 35.5. The van der Waals surface area contributed by atoms with E-state index in [-0.39, 0.29) is 5.91 Å². The average molecular weight is 299 g/mol. The van der Waals surface area contributed by atoms with E-state index in [9.17, 15) is 10.1 Å². The number of carbonyl (C=O) groups excluding carboxylic acids is 1. The molecule has 106 valence electrons. The Morgan fingerprint density at radius 3 is 2.67 bits per heavy atom. The molecular weight excluding hydrogens is 284 g/mol. The lowest BCUT2D eigenvalue weighted by atomic mass is 9.99. The number of benzene rings is 2. The molecular formula is C17H15ClN2O. The molecule has 0 bridgehead atoms. The summed E-state index contributed by atoms with van der Waals surface area (Å²) in [6, 6.07) is 16.8. The summed E-state index contributed by atoms with van der Waals surface area (Å²) in [5, 5.41) is 12.5. The maximum absolute atomic E-state index is 12.2. The van der Waals surface area contributed by atoms with Crippen molar-refractivity contribution in [2.75, 3.05) is 5.32 Å². The molecule has 1 amide bonds. The summed E-state index contributed by atoms with van der Waals surface area (Å²) in [6.45, 7) is 1.88. The van der Waals surface area contributed by atoms with Crippen molar-refractivity contribution in [3.8, 4) is 6.07 Å². The third-order valence-corrected chi connectivity index (χ3v) is 3.45. The Bertz CT molecular complexity index is 677. The molecule has 0 heterocycles. The molecule has 0 aromatic heterocycles. The van der Waals surface area contributed by atoms with Gasteiger partial charge in [0.2, 0.25) is 5.91 Å². The highest BCUT2D eigenvalue weighted by molar-refractivity contribution is 6.31. The summed E-state index contributed by atoms with van der Waals surface area (Å²) in [4.78, 5) is 12.2. The lowest BCUT2D eigenvalue weighted by Crippen LogP contribution is -2.23. The molecule has 1 atom stereocenters. The minimum absolute atomic E-state index is 0.313. The van der Waals surface area contributed by atoms with Crippen LogP contribution in [-0.4, -0.2) is 5.91 Å². The van der Waals surface area contributed by atoms with Crippen LogP contribution >= 0.6 is 11.6 Å². The standard InChI is InChI=1S/C17H15ClN2O/c1-12-7-8-15(18)10-16(12)20-17(21)14(11-19)9-13-5-3-2-4-6-13/h2-8,10,14H,9H2,1H3,(H,20,21). The average Bonchev–Trinajstić information content (AvgIpc) is 2.49. The Kier molecular flexibility index (Phi) is 4.97. The summed E-state index contributed by atoms with van der Waals surface area (Å²) >= 11 is 5.93. The van der Waals surface area contributed by atoms with Crippen LogP contribution in [0.5, 0.6) is 0 Å². The van der Waals surface area contributed by atoms with Gasteiger partial charge in [-0.2, -0.15) is 5.26 Å². The third kappa shape index (κ3) is 4.08. The molecule has 1 unspecified atom stereocenters. The number of amides is 1. The van der Waals surface area contributed by atoms with Gasteiger partial charge in [0.25, 0.3) is 0 Å². The second kappa shape index (κ2) is 6.92. The first kappa shape index (κ1) is 15.1. The fourth-order valence-corrected chi connectivity index (χ4v) is 2.17. The monoisotopic (exact) mass is 298 g/mol. The molecule has 0 aliphatic heterocycles. The van der Waals surface area contributed by atoms with Gasteiger partial charge in [-0.05, 0) is 36.6 Å². The number of nitrogens with zero attached hydrogens (tertiary/aromatic N) is 1. The molecule has 1 N–H and O–H groups in total. The number of hydrogen-bond donors (Lipinski definition) is 1. The maximum atomic E-state index is 12.2. The molecule has 3 nitrogen and oxygen atoms in total. The first-order chi connectivity index (χ1) is 10.1. The predicted octanol–water partition coefficient (Wildman–Crippen LogP) is 3.97. The quantitative estimate of drug-likeness (QED) is 0.928. The van der Waals surface area contributed by atoms with Crippen molar-refractivity contribution in [2.24, 2.45) is 5.92 Å². The number of nitrogens with one attached hydrogen (secondary N) is 1. The van der Waals surface area contributed by atoms with Gasteiger partial charge in [0.1, 0.15) is 5.92 Å². The maximum Gasteiger partial charge on any atom is 0.242 e. The van der Waals surface area contributed by atoms with E-state index in [0.29, 0.717) is 17.1 Å². The highest BCUT2D eigenvalue weighted by Gasteiger charge is 2.19. The SMILES string of the molecule is Cc1ccc(Cl)cc1NC(=O)C(C#N)Cc1ccccc1. The van der Waals surface area contributed by atoms with Crippen molar-refractivity contribution < 1.29 is 4.79 Å². The third-order valence-electron chi connectivity index (χ3n) is 3.21. The lowest BCUT2D eigenvalue weighted by Gasteiger charge is -2.12. The Balaban J connectivity index is 2.10. The van der Waals surface area contributed by atoms with E-state index < -0.39 is 5.92 Å². The van der Waals surface area contributed by atoms with Crippen molar-refractivity contribution in [2.45, 2.75) is 13.3 Å². The van der Waals surface area contributed by atoms with Crippen molar-refractivity contribution in [3.63, 3.8) is 0 Å². The Hall–Kier alpha value is -2.31. The van der Waals surface area contributed by atoms with Gasteiger partial charge in [-0.1, -0.05) is 48.0 Å². The first-order valence-electron chi connectivity index (χ1n) is 6.60. The Morgan fingerprint density at radius 2 is 2.00 bits per heavy atom. The second-order valence-corrected chi connectivity index (χ2v) is 5.26. The number of anilines is 1. The zero-order chi connectivity index (χ0) is 15.2. The van der Waals surface area contributed by atoms with E-state index >= 15 is 0 Å². The number of nitriles is 1. The summed E-state index contributed by atoms with van der Waals surface area (Å²) in [5.41, 5.74) is 2.51. The van der Waals surface area contributed by atoms with Crippen molar-refractivity contribution in [3.05, 3.63) is 64.7 Å². The minimum atomic E-state index is -0.731. The zero-order valence-electron chi connectivity index (χ0n) is 11.6. The summed E-state index contributed by atoms with van der Waals surface area (Å²) in [6.07, 6.45) is 0.392. The van der Waals surface area contributed by atoms with Crippen LogP contribution < -0.4 is 5.32 Å². The van der Waals surface area contributed by atoms with E-state index in [1.165, 1.54) is 0 Å². The number of carbonyl (C=O) groups is 1. The fourth-order valence-electron chi connectivity index (χ4n) is 2.00. The highest BCUT2D eigenvalue weighted by Crippen LogP contribution is 2.21. The number of hydrogen-bond acceptors (Lipinski definition) is 2. The van der Waals surface area contributed by atoms with E-state index in [1.54, 1.807) is 12.1 Å².